The van der Waals surface area contributed by atoms with Gasteiger partial charge in [-0.05, 0) is 12.5 Å². The molecule has 0 saturated carbocycles. The first kappa shape index (κ1) is 15.3. The lowest BCUT2D eigenvalue weighted by Crippen LogP contribution is -2.40. The van der Waals surface area contributed by atoms with E-state index >= 15 is 0 Å². The molecule has 1 aromatic carbocycles. The van der Waals surface area contributed by atoms with Crippen molar-refractivity contribution in [1.82, 2.24) is 5.32 Å². The van der Waals surface area contributed by atoms with Gasteiger partial charge in [0.25, 0.3) is 5.69 Å². The van der Waals surface area contributed by atoms with E-state index in [1.54, 1.807) is 13.0 Å². The maximum absolute atomic E-state index is 12.0. The van der Waals surface area contributed by atoms with E-state index in [0.717, 1.165) is 11.3 Å². The summed E-state index contributed by atoms with van der Waals surface area (Å²) in [5.74, 6) is 0.310. The molecule has 0 radical (unpaired) electrons. The highest BCUT2D eigenvalue weighted by molar-refractivity contribution is 8.00. The first-order valence-electron chi connectivity index (χ1n) is 6.41. The van der Waals surface area contributed by atoms with Crippen LogP contribution in [0.15, 0.2) is 18.2 Å². The third kappa shape index (κ3) is 3.94. The molecule has 0 aliphatic carbocycles. The van der Waals surface area contributed by atoms with E-state index in [9.17, 15) is 19.7 Å². The Morgan fingerprint density at radius 3 is 3.00 bits per heavy atom. The van der Waals surface area contributed by atoms with E-state index in [4.69, 9.17) is 0 Å². The number of carbonyl (C=O) groups is 2. The molecule has 21 heavy (non-hydrogen) atoms. The van der Waals surface area contributed by atoms with Crippen LogP contribution in [-0.4, -0.2) is 34.3 Å². The number of nitrogens with one attached hydrogen (secondary N) is 2. The van der Waals surface area contributed by atoms with E-state index < -0.39 is 10.2 Å². The maximum Gasteiger partial charge on any atom is 0.271 e. The second kappa shape index (κ2) is 6.57. The molecule has 0 bridgehead atoms. The van der Waals surface area contributed by atoms with Gasteiger partial charge in [0.05, 0.1) is 15.9 Å². The summed E-state index contributed by atoms with van der Waals surface area (Å²) in [7, 11) is 0. The molecule has 1 aromatic rings. The monoisotopic (exact) mass is 309 g/mol. The Morgan fingerprint density at radius 2 is 2.33 bits per heavy atom. The number of nitrogens with zero attached hydrogens (tertiary/aromatic N) is 1. The summed E-state index contributed by atoms with van der Waals surface area (Å²) < 4.78 is 0. The molecule has 0 unspecified atom stereocenters. The van der Waals surface area contributed by atoms with Crippen LogP contribution in [0, 0.1) is 17.0 Å². The van der Waals surface area contributed by atoms with E-state index in [1.807, 2.05) is 0 Å². The van der Waals surface area contributed by atoms with Gasteiger partial charge in [-0.1, -0.05) is 6.07 Å². The lowest BCUT2D eigenvalue weighted by Gasteiger charge is -2.21. The van der Waals surface area contributed by atoms with Crippen molar-refractivity contribution < 1.29 is 14.5 Å². The normalized spacial score (nSPS) is 18.0. The fourth-order valence-electron chi connectivity index (χ4n) is 1.94. The summed E-state index contributed by atoms with van der Waals surface area (Å²) in [6, 6.07) is 4.28. The summed E-state index contributed by atoms with van der Waals surface area (Å²) in [5, 5.41) is 15.7. The van der Waals surface area contributed by atoms with Gasteiger partial charge in [-0.3, -0.25) is 19.7 Å². The molecule has 1 fully saturated rings. The number of hydrogen-bond donors (Lipinski definition) is 2. The Hall–Kier alpha value is -2.09. The number of hydrogen-bond acceptors (Lipinski definition) is 5. The molecule has 1 aliphatic rings. The number of aryl methyl sites for hydroxylation is 1. The van der Waals surface area contributed by atoms with Gasteiger partial charge in [0.15, 0.2) is 0 Å². The largest absolute Gasteiger partial charge is 0.354 e. The Bertz CT molecular complexity index is 591. The summed E-state index contributed by atoms with van der Waals surface area (Å²) in [4.78, 5) is 33.8. The van der Waals surface area contributed by atoms with Crippen LogP contribution >= 0.6 is 11.8 Å². The molecule has 2 amide bonds. The van der Waals surface area contributed by atoms with Gasteiger partial charge in [-0.2, -0.15) is 0 Å². The highest BCUT2D eigenvalue weighted by atomic mass is 32.2. The van der Waals surface area contributed by atoms with Gasteiger partial charge in [-0.25, -0.2) is 0 Å². The Labute approximate surface area is 125 Å². The number of thioether (sulfide) groups is 1. The van der Waals surface area contributed by atoms with Crippen molar-refractivity contribution in [2.75, 3.05) is 17.6 Å². The lowest BCUT2D eigenvalue weighted by atomic mass is 10.1. The third-order valence-corrected chi connectivity index (χ3v) is 4.31. The van der Waals surface area contributed by atoms with Crippen molar-refractivity contribution in [3.63, 3.8) is 0 Å². The van der Waals surface area contributed by atoms with Gasteiger partial charge in [0, 0.05) is 30.9 Å². The average Bonchev–Trinajstić information content (AvgIpc) is 2.43. The SMILES string of the molecule is Cc1ccc([N+](=O)[O-])cc1NC(=O)C[C@H]1SCCNC1=O. The molecule has 7 nitrogen and oxygen atoms in total. The van der Waals surface area contributed by atoms with Crippen LogP contribution in [0.3, 0.4) is 0 Å². The van der Waals surface area contributed by atoms with Crippen LogP contribution in [0.5, 0.6) is 0 Å². The number of nitro groups is 1. The van der Waals surface area contributed by atoms with Gasteiger partial charge < -0.3 is 10.6 Å². The van der Waals surface area contributed by atoms with Gasteiger partial charge in [-0.15, -0.1) is 11.8 Å². The van der Waals surface area contributed by atoms with Crippen molar-refractivity contribution in [2.45, 2.75) is 18.6 Å². The van der Waals surface area contributed by atoms with Crippen LogP contribution in [0.2, 0.25) is 0 Å². The van der Waals surface area contributed by atoms with Crippen molar-refractivity contribution in [3.8, 4) is 0 Å². The van der Waals surface area contributed by atoms with Crippen LogP contribution in [-0.2, 0) is 9.59 Å². The first-order chi connectivity index (χ1) is 9.97. The molecule has 2 N–H and O–H groups in total. The molecule has 8 heteroatoms. The smallest absolute Gasteiger partial charge is 0.271 e. The van der Waals surface area contributed by atoms with Crippen LogP contribution in [0.1, 0.15) is 12.0 Å². The highest BCUT2D eigenvalue weighted by Crippen LogP contribution is 2.23. The number of carbonyl (C=O) groups excluding carboxylic acids is 2. The topological polar surface area (TPSA) is 101 Å². The van der Waals surface area contributed by atoms with Crippen molar-refractivity contribution in [1.29, 1.82) is 0 Å². The first-order valence-corrected chi connectivity index (χ1v) is 7.46. The molecule has 1 heterocycles. The second-order valence-electron chi connectivity index (χ2n) is 4.66. The standard InChI is InChI=1S/C13H15N3O4S/c1-8-2-3-9(16(19)20)6-10(8)15-12(17)7-11-13(18)14-4-5-21-11/h2-3,6,11H,4-5,7H2,1H3,(H,14,18)(H,15,17)/t11-/m1/s1. The van der Waals surface area contributed by atoms with E-state index in [-0.39, 0.29) is 23.9 Å². The highest BCUT2D eigenvalue weighted by Gasteiger charge is 2.25. The van der Waals surface area contributed by atoms with E-state index in [2.05, 4.69) is 10.6 Å². The molecule has 1 aliphatic heterocycles. The summed E-state index contributed by atoms with van der Waals surface area (Å²) in [6.07, 6.45) is 0.0542. The lowest BCUT2D eigenvalue weighted by molar-refractivity contribution is -0.384. The van der Waals surface area contributed by atoms with Gasteiger partial charge in [0.2, 0.25) is 11.8 Å². The minimum Gasteiger partial charge on any atom is -0.354 e. The molecule has 0 spiro atoms. The zero-order valence-electron chi connectivity index (χ0n) is 11.4. The Morgan fingerprint density at radius 1 is 1.57 bits per heavy atom. The van der Waals surface area contributed by atoms with Crippen molar-refractivity contribution >= 4 is 35.0 Å². The fraction of sp³-hybridized carbons (Fsp3) is 0.385. The van der Waals surface area contributed by atoms with Gasteiger partial charge >= 0.3 is 0 Å². The second-order valence-corrected chi connectivity index (χ2v) is 5.97. The quantitative estimate of drug-likeness (QED) is 0.647. The fourth-order valence-corrected chi connectivity index (χ4v) is 2.95. The van der Waals surface area contributed by atoms with Crippen molar-refractivity contribution in [3.05, 3.63) is 33.9 Å². The average molecular weight is 309 g/mol. The number of non-ortho nitro benzene ring substituents is 1. The number of nitro benzene ring substituents is 1. The summed E-state index contributed by atoms with van der Waals surface area (Å²) >= 11 is 1.44. The number of anilines is 1. The summed E-state index contributed by atoms with van der Waals surface area (Å²) in [6.45, 7) is 2.37. The molecule has 0 aromatic heterocycles. The Balaban J connectivity index is 2.03. The molecule has 2 rings (SSSR count). The zero-order valence-corrected chi connectivity index (χ0v) is 12.2. The maximum atomic E-state index is 12.0. The van der Waals surface area contributed by atoms with Gasteiger partial charge in [0.1, 0.15) is 0 Å². The molecule has 1 saturated heterocycles. The predicted molar refractivity (Wildman–Crippen MR) is 80.3 cm³/mol. The van der Waals surface area contributed by atoms with Crippen LogP contribution < -0.4 is 10.6 Å². The third-order valence-electron chi connectivity index (χ3n) is 3.09. The Kier molecular flexibility index (Phi) is 4.79. The van der Waals surface area contributed by atoms with Crippen LogP contribution in [0.25, 0.3) is 0 Å². The van der Waals surface area contributed by atoms with Crippen LogP contribution in [0.4, 0.5) is 11.4 Å². The van der Waals surface area contributed by atoms with E-state index in [0.29, 0.717) is 12.2 Å². The van der Waals surface area contributed by atoms with Crippen molar-refractivity contribution in [2.24, 2.45) is 0 Å². The molecule has 1 atom stereocenters. The number of amides is 2. The summed E-state index contributed by atoms with van der Waals surface area (Å²) in [5.41, 5.74) is 1.05. The molecular weight excluding hydrogens is 294 g/mol. The number of rotatable bonds is 4. The number of benzene rings is 1. The zero-order chi connectivity index (χ0) is 15.4. The minimum atomic E-state index is -0.514. The van der Waals surface area contributed by atoms with E-state index in [1.165, 1.54) is 23.9 Å². The predicted octanol–water partition coefficient (Wildman–Crippen LogP) is 1.46. The minimum absolute atomic E-state index is 0.0542. The molecule has 112 valence electrons. The molecular formula is C13H15N3O4S.